The van der Waals surface area contributed by atoms with Crippen molar-refractivity contribution in [2.75, 3.05) is 0 Å². The van der Waals surface area contributed by atoms with Crippen molar-refractivity contribution in [3.8, 4) is 0 Å². The van der Waals surface area contributed by atoms with Crippen molar-refractivity contribution in [2.24, 2.45) is 4.99 Å². The van der Waals surface area contributed by atoms with Gasteiger partial charge in [0.15, 0.2) is 0 Å². The van der Waals surface area contributed by atoms with Crippen LogP contribution in [0.4, 0.5) is 0 Å². The number of hydrogen-bond acceptors (Lipinski definition) is 2. The molecule has 0 radical (unpaired) electrons. The summed E-state index contributed by atoms with van der Waals surface area (Å²) in [6.07, 6.45) is 3.64. The molecule has 1 saturated heterocycles. The van der Waals surface area contributed by atoms with Crippen LogP contribution in [0.3, 0.4) is 0 Å². The summed E-state index contributed by atoms with van der Waals surface area (Å²) in [5.41, 5.74) is 17.7. The third-order valence-corrected chi connectivity index (χ3v) is 9.87. The van der Waals surface area contributed by atoms with E-state index < -0.39 is 0 Å². The molecule has 1 unspecified atom stereocenters. The number of H-pyrrole nitrogens is 2. The number of nitrogens with one attached hydrogen (secondary N) is 3. The maximum Gasteiger partial charge on any atom is 0.0641 e. The molecule has 0 saturated carbocycles. The molecule has 5 heterocycles. The average Bonchev–Trinajstić information content (AvgIpc) is 3.98. The van der Waals surface area contributed by atoms with Crippen molar-refractivity contribution in [1.82, 2.24) is 15.3 Å². The second-order valence-corrected chi connectivity index (χ2v) is 12.8. The van der Waals surface area contributed by atoms with E-state index in [-0.39, 0.29) is 5.92 Å². The fourth-order valence-corrected chi connectivity index (χ4v) is 7.73. The van der Waals surface area contributed by atoms with Gasteiger partial charge in [-0.1, -0.05) is 121 Å². The number of rotatable bonds is 4. The van der Waals surface area contributed by atoms with Crippen LogP contribution in [0, 0.1) is 0 Å². The van der Waals surface area contributed by atoms with Crippen LogP contribution in [0.1, 0.15) is 76.6 Å². The molecule has 0 aliphatic carbocycles. The minimum atomic E-state index is 0.00460. The van der Waals surface area contributed by atoms with Gasteiger partial charge in [0, 0.05) is 50.9 Å². The van der Waals surface area contributed by atoms with Crippen LogP contribution in [-0.4, -0.2) is 15.7 Å². The highest BCUT2D eigenvalue weighted by Gasteiger charge is 2.29. The molecule has 8 bridgehead atoms. The molecule has 1 atom stereocenters. The largest absolute Gasteiger partial charge is 0.361 e. The Morgan fingerprint density at radius 1 is 0.438 bits per heavy atom. The zero-order chi connectivity index (χ0) is 31.9. The number of aromatic amines is 2. The molecule has 3 N–H and O–H groups in total. The highest BCUT2D eigenvalue weighted by atomic mass is 15.0. The zero-order valence-corrected chi connectivity index (χ0v) is 26.7. The summed E-state index contributed by atoms with van der Waals surface area (Å²) >= 11 is 0. The fraction of sp³-hybridized carbons (Fsp3) is 0.114. The van der Waals surface area contributed by atoms with Gasteiger partial charge in [-0.3, -0.25) is 4.99 Å². The monoisotopic (exact) mass is 620 g/mol. The summed E-state index contributed by atoms with van der Waals surface area (Å²) < 4.78 is 0. The van der Waals surface area contributed by atoms with Crippen molar-refractivity contribution >= 4 is 22.4 Å². The van der Waals surface area contributed by atoms with E-state index >= 15 is 0 Å². The maximum atomic E-state index is 5.51. The first kappa shape index (κ1) is 28.4. The highest BCUT2D eigenvalue weighted by molar-refractivity contribution is 6.26. The van der Waals surface area contributed by atoms with Gasteiger partial charge in [0.25, 0.3) is 0 Å². The van der Waals surface area contributed by atoms with E-state index in [1.807, 2.05) is 0 Å². The molecule has 48 heavy (non-hydrogen) atoms. The third kappa shape index (κ3) is 5.07. The summed E-state index contributed by atoms with van der Waals surface area (Å²) in [6.45, 7) is 0. The normalized spacial score (nSPS) is 17.5. The fourth-order valence-electron chi connectivity index (χ4n) is 7.73. The Kier molecular flexibility index (Phi) is 7.12. The van der Waals surface area contributed by atoms with E-state index in [0.29, 0.717) is 0 Å². The predicted molar refractivity (Wildman–Crippen MR) is 196 cm³/mol. The topological polar surface area (TPSA) is 56.0 Å². The molecular weight excluding hydrogens is 585 g/mol. The maximum absolute atomic E-state index is 5.51. The van der Waals surface area contributed by atoms with Gasteiger partial charge in [0.2, 0.25) is 0 Å². The molecule has 0 amide bonds. The Balaban J connectivity index is 1.33. The number of allylic oxidation sites excluding steroid dienone is 4. The molecule has 4 nitrogen and oxygen atoms in total. The van der Waals surface area contributed by atoms with Crippen LogP contribution >= 0.6 is 0 Å². The van der Waals surface area contributed by atoms with Gasteiger partial charge in [0.05, 0.1) is 17.3 Å². The minimum absolute atomic E-state index is 0.00460. The number of aromatic nitrogens is 2. The molecular formula is C44H36N4. The molecule has 6 aromatic rings. The number of aliphatic imine (C=N–C) groups is 1. The van der Waals surface area contributed by atoms with Crippen LogP contribution in [-0.2, 0) is 0 Å². The summed E-state index contributed by atoms with van der Waals surface area (Å²) in [4.78, 5) is 13.3. The SMILES string of the molecule is c1ccc(C2=C3CCC(=C(c4ccccc4)c4ccc([nH]4)C(c4ccccc4)c4ccc([nH]4)C(c4ccccc4)=C4CCC2=N4)N3)cc1. The van der Waals surface area contributed by atoms with Gasteiger partial charge in [-0.25, -0.2) is 0 Å². The Hall–Kier alpha value is -5.87. The second kappa shape index (κ2) is 12.1. The van der Waals surface area contributed by atoms with E-state index in [0.717, 1.165) is 59.9 Å². The van der Waals surface area contributed by atoms with Crippen molar-refractivity contribution in [3.05, 3.63) is 208 Å². The third-order valence-electron chi connectivity index (χ3n) is 9.87. The van der Waals surface area contributed by atoms with Crippen LogP contribution in [0.5, 0.6) is 0 Å². The Morgan fingerprint density at radius 2 is 0.917 bits per heavy atom. The highest BCUT2D eigenvalue weighted by Crippen LogP contribution is 2.41. The summed E-state index contributed by atoms with van der Waals surface area (Å²) in [5, 5.41) is 3.97. The molecule has 4 heteroatoms. The molecule has 232 valence electrons. The molecule has 4 aromatic carbocycles. The van der Waals surface area contributed by atoms with Crippen LogP contribution in [0.25, 0.3) is 16.7 Å². The first-order chi connectivity index (χ1) is 23.8. The average molecular weight is 621 g/mol. The van der Waals surface area contributed by atoms with Crippen LogP contribution in [0.2, 0.25) is 0 Å². The lowest BCUT2D eigenvalue weighted by atomic mass is 9.93. The predicted octanol–water partition coefficient (Wildman–Crippen LogP) is 10.1. The summed E-state index contributed by atoms with van der Waals surface area (Å²) in [5.74, 6) is 0.00460. The van der Waals surface area contributed by atoms with Gasteiger partial charge in [0.1, 0.15) is 0 Å². The summed E-state index contributed by atoms with van der Waals surface area (Å²) in [7, 11) is 0. The van der Waals surface area contributed by atoms with Crippen LogP contribution < -0.4 is 5.32 Å². The van der Waals surface area contributed by atoms with E-state index in [2.05, 4.69) is 161 Å². The van der Waals surface area contributed by atoms with E-state index in [1.165, 1.54) is 50.4 Å². The lowest BCUT2D eigenvalue weighted by Gasteiger charge is -2.17. The number of benzene rings is 4. The summed E-state index contributed by atoms with van der Waals surface area (Å²) in [6, 6.07) is 52.2. The number of nitrogens with zero attached hydrogens (tertiary/aromatic N) is 1. The first-order valence-electron chi connectivity index (χ1n) is 16.9. The molecule has 1 fully saturated rings. The zero-order valence-electron chi connectivity index (χ0n) is 26.7. The molecule has 3 aliphatic rings. The standard InChI is InChI=1S/C44H36N4/c1-5-13-29(14-6-1)41-33-21-23-35(45-33)42(30-15-7-2-8-16-30)37-25-27-39(47-37)44(32-19-11-4-12-20-32)40-28-26-38(48-40)43(31-17-9-3-10-18-31)36-24-22-34(41)46-36/h1-24,41,45-47H,25-28H2. The second-order valence-electron chi connectivity index (χ2n) is 12.8. The smallest absolute Gasteiger partial charge is 0.0641 e. The molecule has 0 spiro atoms. The van der Waals surface area contributed by atoms with Gasteiger partial charge in [-0.05, 0) is 72.2 Å². The van der Waals surface area contributed by atoms with Crippen molar-refractivity contribution in [1.29, 1.82) is 0 Å². The minimum Gasteiger partial charge on any atom is -0.361 e. The Morgan fingerprint density at radius 3 is 1.50 bits per heavy atom. The number of hydrogen-bond donors (Lipinski definition) is 3. The quantitative estimate of drug-likeness (QED) is 0.181. The first-order valence-corrected chi connectivity index (χ1v) is 16.9. The van der Waals surface area contributed by atoms with E-state index in [4.69, 9.17) is 4.99 Å². The lowest BCUT2D eigenvalue weighted by molar-refractivity contribution is 0.892. The van der Waals surface area contributed by atoms with Crippen LogP contribution in [0.15, 0.2) is 168 Å². The van der Waals surface area contributed by atoms with Gasteiger partial charge in [-0.15, -0.1) is 0 Å². The van der Waals surface area contributed by atoms with E-state index in [1.54, 1.807) is 0 Å². The molecule has 9 rings (SSSR count). The lowest BCUT2D eigenvalue weighted by Crippen LogP contribution is -2.12. The van der Waals surface area contributed by atoms with Crippen molar-refractivity contribution in [3.63, 3.8) is 0 Å². The molecule has 3 aliphatic heterocycles. The Bertz CT molecular complexity index is 2230. The van der Waals surface area contributed by atoms with Crippen molar-refractivity contribution in [2.45, 2.75) is 31.6 Å². The number of fused-ring (bicyclic) bond motifs is 7. The Labute approximate surface area is 281 Å². The van der Waals surface area contributed by atoms with Crippen molar-refractivity contribution < 1.29 is 0 Å². The molecule has 2 aromatic heterocycles. The van der Waals surface area contributed by atoms with E-state index in [9.17, 15) is 0 Å². The van der Waals surface area contributed by atoms with Gasteiger partial charge in [-0.2, -0.15) is 0 Å². The van der Waals surface area contributed by atoms with Gasteiger partial charge < -0.3 is 15.3 Å². The van der Waals surface area contributed by atoms with Gasteiger partial charge >= 0.3 is 0 Å².